The lowest BCUT2D eigenvalue weighted by atomic mass is 9.81. The topological polar surface area (TPSA) is 92.8 Å². The summed E-state index contributed by atoms with van der Waals surface area (Å²) < 4.78 is 44.2. The lowest BCUT2D eigenvalue weighted by Crippen LogP contribution is -2.37. The van der Waals surface area contributed by atoms with Gasteiger partial charge in [-0.2, -0.15) is 0 Å². The van der Waals surface area contributed by atoms with Crippen molar-refractivity contribution in [2.45, 2.75) is 25.7 Å². The van der Waals surface area contributed by atoms with Gasteiger partial charge < -0.3 is 10.1 Å². The molecule has 1 aromatic carbocycles. The van der Waals surface area contributed by atoms with Crippen LogP contribution in [0.15, 0.2) is 12.1 Å². The molecule has 28 heavy (non-hydrogen) atoms. The third-order valence-electron chi connectivity index (χ3n) is 4.89. The molecule has 1 saturated heterocycles. The number of imide groups is 1. The molecule has 0 bridgehead atoms. The van der Waals surface area contributed by atoms with Crippen molar-refractivity contribution in [1.29, 1.82) is 0 Å². The minimum atomic E-state index is -1.75. The second kappa shape index (κ2) is 7.99. The number of amides is 3. The standard InChI is InChI=1S/C18H17F3N2O5/c19-11-5-6-12(16(21)15(11)20)22-13(24)8-28-14(25)7-23-17(26)9-3-1-2-4-10(9)18(23)27/h5-6,9-10H,1-4,7-8H2,(H,22,24)/t9-,10-/m0/s1. The highest BCUT2D eigenvalue weighted by atomic mass is 19.2. The van der Waals surface area contributed by atoms with Gasteiger partial charge in [0.1, 0.15) is 6.54 Å². The van der Waals surface area contributed by atoms with Crippen LogP contribution < -0.4 is 5.32 Å². The van der Waals surface area contributed by atoms with Gasteiger partial charge in [0.2, 0.25) is 11.8 Å². The van der Waals surface area contributed by atoms with E-state index in [0.717, 1.165) is 23.8 Å². The van der Waals surface area contributed by atoms with Gasteiger partial charge in [-0.15, -0.1) is 0 Å². The Labute approximate surface area is 157 Å². The van der Waals surface area contributed by atoms with Crippen LogP contribution in [0.2, 0.25) is 0 Å². The SMILES string of the molecule is O=C(COC(=O)CN1C(=O)[C@H]2CCCC[C@@H]2C1=O)Nc1ccc(F)c(F)c1F. The summed E-state index contributed by atoms with van der Waals surface area (Å²) in [6.45, 7) is -1.46. The van der Waals surface area contributed by atoms with Crippen molar-refractivity contribution in [1.82, 2.24) is 4.90 Å². The number of carbonyl (C=O) groups excluding carboxylic acids is 4. The summed E-state index contributed by atoms with van der Waals surface area (Å²) in [4.78, 5) is 49.0. The van der Waals surface area contributed by atoms with Gasteiger partial charge in [0, 0.05) is 0 Å². The molecule has 1 saturated carbocycles. The van der Waals surface area contributed by atoms with Gasteiger partial charge in [-0.3, -0.25) is 24.1 Å². The Morgan fingerprint density at radius 2 is 1.64 bits per heavy atom. The van der Waals surface area contributed by atoms with Crippen LogP contribution in [-0.2, 0) is 23.9 Å². The molecule has 3 rings (SSSR count). The third-order valence-corrected chi connectivity index (χ3v) is 4.89. The highest BCUT2D eigenvalue weighted by Gasteiger charge is 2.48. The minimum absolute atomic E-state index is 0.409. The van der Waals surface area contributed by atoms with Crippen LogP contribution in [0.5, 0.6) is 0 Å². The van der Waals surface area contributed by atoms with E-state index in [1.54, 1.807) is 0 Å². The number of nitrogens with one attached hydrogen (secondary N) is 1. The van der Waals surface area contributed by atoms with Gasteiger partial charge in [0.05, 0.1) is 17.5 Å². The molecular weight excluding hydrogens is 381 g/mol. The van der Waals surface area contributed by atoms with E-state index in [-0.39, 0.29) is 0 Å². The summed E-state index contributed by atoms with van der Waals surface area (Å²) in [6, 6.07) is 1.45. The molecule has 1 aliphatic carbocycles. The Balaban J connectivity index is 1.52. The molecule has 2 atom stereocenters. The number of hydrogen-bond donors (Lipinski definition) is 1. The molecule has 1 heterocycles. The average Bonchev–Trinajstić information content (AvgIpc) is 2.92. The van der Waals surface area contributed by atoms with Crippen molar-refractivity contribution < 1.29 is 37.1 Å². The predicted octanol–water partition coefficient (Wildman–Crippen LogP) is 1.76. The first-order chi connectivity index (χ1) is 13.3. The summed E-state index contributed by atoms with van der Waals surface area (Å²) in [7, 11) is 0. The van der Waals surface area contributed by atoms with E-state index >= 15 is 0 Å². The van der Waals surface area contributed by atoms with Gasteiger partial charge in [-0.25, -0.2) is 13.2 Å². The largest absolute Gasteiger partial charge is 0.454 e. The van der Waals surface area contributed by atoms with Gasteiger partial charge in [-0.05, 0) is 25.0 Å². The number of nitrogens with zero attached hydrogens (tertiary/aromatic N) is 1. The second-order valence-electron chi connectivity index (χ2n) is 6.69. The molecule has 0 aromatic heterocycles. The van der Waals surface area contributed by atoms with E-state index in [1.165, 1.54) is 0 Å². The number of ether oxygens (including phenoxy) is 1. The minimum Gasteiger partial charge on any atom is -0.454 e. The quantitative estimate of drug-likeness (QED) is 0.464. The van der Waals surface area contributed by atoms with E-state index in [0.29, 0.717) is 18.9 Å². The summed E-state index contributed by atoms with van der Waals surface area (Å²) >= 11 is 0. The zero-order valence-electron chi connectivity index (χ0n) is 14.7. The molecular formula is C18H17F3N2O5. The van der Waals surface area contributed by atoms with Crippen molar-refractivity contribution in [2.75, 3.05) is 18.5 Å². The van der Waals surface area contributed by atoms with Gasteiger partial charge in [0.25, 0.3) is 5.91 Å². The fourth-order valence-corrected chi connectivity index (χ4v) is 3.52. The number of halogens is 3. The monoisotopic (exact) mass is 398 g/mol. The van der Waals surface area contributed by atoms with Crippen molar-refractivity contribution in [3.63, 3.8) is 0 Å². The number of likely N-dealkylation sites (tertiary alicyclic amines) is 1. The Morgan fingerprint density at radius 1 is 1.04 bits per heavy atom. The van der Waals surface area contributed by atoms with Crippen LogP contribution in [0.4, 0.5) is 18.9 Å². The number of benzene rings is 1. The van der Waals surface area contributed by atoms with Gasteiger partial charge >= 0.3 is 5.97 Å². The first kappa shape index (κ1) is 19.8. The molecule has 1 N–H and O–H groups in total. The molecule has 0 unspecified atom stereocenters. The number of fused-ring (bicyclic) bond motifs is 1. The van der Waals surface area contributed by atoms with Crippen molar-refractivity contribution in [2.24, 2.45) is 11.8 Å². The maximum atomic E-state index is 13.5. The van der Waals surface area contributed by atoms with E-state index in [2.05, 4.69) is 0 Å². The molecule has 1 aromatic rings. The molecule has 10 heteroatoms. The van der Waals surface area contributed by atoms with Crippen LogP contribution >= 0.6 is 0 Å². The fraction of sp³-hybridized carbons (Fsp3) is 0.444. The first-order valence-electron chi connectivity index (χ1n) is 8.73. The van der Waals surface area contributed by atoms with E-state index < -0.39 is 71.8 Å². The van der Waals surface area contributed by atoms with Crippen LogP contribution in [0, 0.1) is 29.3 Å². The summed E-state index contributed by atoms with van der Waals surface area (Å²) in [5, 5.41) is 1.94. The maximum absolute atomic E-state index is 13.5. The van der Waals surface area contributed by atoms with Gasteiger partial charge in [0.15, 0.2) is 24.1 Å². The van der Waals surface area contributed by atoms with E-state index in [9.17, 15) is 32.3 Å². The van der Waals surface area contributed by atoms with Gasteiger partial charge in [-0.1, -0.05) is 12.8 Å². The summed E-state index contributed by atoms with van der Waals surface area (Å²) in [6.07, 6.45) is 2.89. The molecule has 2 fully saturated rings. The predicted molar refractivity (Wildman–Crippen MR) is 88.1 cm³/mol. The first-order valence-corrected chi connectivity index (χ1v) is 8.73. The van der Waals surface area contributed by atoms with Crippen LogP contribution in [0.1, 0.15) is 25.7 Å². The zero-order chi connectivity index (χ0) is 20.4. The Hall–Kier alpha value is -2.91. The van der Waals surface area contributed by atoms with Crippen LogP contribution in [0.25, 0.3) is 0 Å². The Bertz CT molecular complexity index is 821. The molecule has 0 radical (unpaired) electrons. The van der Waals surface area contributed by atoms with E-state index in [1.807, 2.05) is 5.32 Å². The second-order valence-corrected chi connectivity index (χ2v) is 6.69. The molecule has 1 aliphatic heterocycles. The maximum Gasteiger partial charge on any atom is 0.326 e. The van der Waals surface area contributed by atoms with Crippen LogP contribution in [0.3, 0.4) is 0 Å². The Morgan fingerprint density at radius 3 is 2.25 bits per heavy atom. The highest BCUT2D eigenvalue weighted by molar-refractivity contribution is 6.07. The third kappa shape index (κ3) is 3.85. The normalized spacial score (nSPS) is 21.5. The van der Waals surface area contributed by atoms with E-state index in [4.69, 9.17) is 4.74 Å². The lowest BCUT2D eigenvalue weighted by Gasteiger charge is -2.19. The van der Waals surface area contributed by atoms with Crippen molar-refractivity contribution in [3.8, 4) is 0 Å². The smallest absolute Gasteiger partial charge is 0.326 e. The molecule has 0 spiro atoms. The Kier molecular flexibility index (Phi) is 5.66. The number of rotatable bonds is 5. The number of hydrogen-bond acceptors (Lipinski definition) is 5. The number of esters is 1. The highest BCUT2D eigenvalue weighted by Crippen LogP contribution is 2.37. The molecule has 3 amide bonds. The summed E-state index contributed by atoms with van der Waals surface area (Å²) in [5.74, 6) is -8.38. The number of carbonyl (C=O) groups is 4. The summed E-state index contributed by atoms with van der Waals surface area (Å²) in [5.41, 5.74) is -0.617. The van der Waals surface area contributed by atoms with Crippen LogP contribution in [-0.4, -0.2) is 41.7 Å². The number of anilines is 1. The molecule has 2 aliphatic rings. The fourth-order valence-electron chi connectivity index (χ4n) is 3.52. The van der Waals surface area contributed by atoms with Crippen molar-refractivity contribution >= 4 is 29.4 Å². The molecule has 7 nitrogen and oxygen atoms in total. The molecule has 150 valence electrons. The zero-order valence-corrected chi connectivity index (χ0v) is 14.7. The lowest BCUT2D eigenvalue weighted by molar-refractivity contribution is -0.154. The van der Waals surface area contributed by atoms with Crippen molar-refractivity contribution in [3.05, 3.63) is 29.6 Å². The average molecular weight is 398 g/mol.